The van der Waals surface area contributed by atoms with Gasteiger partial charge in [-0.15, -0.1) is 0 Å². The topological polar surface area (TPSA) is 45.8 Å². The van der Waals surface area contributed by atoms with E-state index in [0.717, 1.165) is 0 Å². The van der Waals surface area contributed by atoms with Crippen LogP contribution in [-0.2, 0) is 0 Å². The molecule has 0 aliphatic carbocycles. The molecular weight excluding hydrogens is 211 g/mol. The van der Waals surface area contributed by atoms with E-state index >= 15 is 0 Å². The third-order valence-corrected chi connectivity index (χ3v) is 2.23. The zero-order valence-corrected chi connectivity index (χ0v) is 7.86. The monoisotopic (exact) mass is 214 g/mol. The van der Waals surface area contributed by atoms with Crippen molar-refractivity contribution in [3.8, 4) is 0 Å². The lowest BCUT2D eigenvalue weighted by molar-refractivity contribution is 0.107. The van der Waals surface area contributed by atoms with Gasteiger partial charge in [-0.25, -0.2) is 0 Å². The van der Waals surface area contributed by atoms with Crippen molar-refractivity contribution in [2.45, 2.75) is 0 Å². The van der Waals surface area contributed by atoms with E-state index in [2.05, 4.69) is 10.2 Å². The lowest BCUT2D eigenvalue weighted by Crippen LogP contribution is -1.88. The molecule has 1 N–H and O–H groups in total. The Balaban J connectivity index is 2.83. The number of benzene rings is 1. The first-order valence-electron chi connectivity index (χ1n) is 3.52. The quantitative estimate of drug-likeness (QED) is 0.743. The molecule has 13 heavy (non-hydrogen) atoms. The van der Waals surface area contributed by atoms with E-state index in [1.165, 1.54) is 0 Å². The van der Waals surface area contributed by atoms with E-state index in [4.69, 9.17) is 23.2 Å². The molecule has 0 saturated heterocycles. The van der Waals surface area contributed by atoms with Crippen LogP contribution in [0.5, 0.6) is 0 Å². The molecule has 5 heteroatoms. The third-order valence-electron chi connectivity index (χ3n) is 1.73. The summed E-state index contributed by atoms with van der Waals surface area (Å²) in [7, 11) is 0. The van der Waals surface area contributed by atoms with Crippen LogP contribution in [0.4, 0.5) is 0 Å². The van der Waals surface area contributed by atoms with E-state index in [-0.39, 0.29) is 5.69 Å². The lowest BCUT2D eigenvalue weighted by Gasteiger charge is -1.90. The molecule has 0 bridgehead atoms. The van der Waals surface area contributed by atoms with E-state index in [1.807, 2.05) is 0 Å². The van der Waals surface area contributed by atoms with Gasteiger partial charge in [0.05, 0.1) is 5.02 Å². The van der Waals surface area contributed by atoms with Gasteiger partial charge in [-0.2, -0.15) is 5.10 Å². The number of H-pyrrole nitrogens is 1. The minimum Gasteiger partial charge on any atom is -0.274 e. The maximum atomic E-state index is 10.9. The summed E-state index contributed by atoms with van der Waals surface area (Å²) in [4.78, 5) is 10.9. The summed E-state index contributed by atoms with van der Waals surface area (Å²) in [5.74, 6) is 0. The van der Waals surface area contributed by atoms with Gasteiger partial charge in [0.15, 0.2) is 0 Å². The van der Waals surface area contributed by atoms with Gasteiger partial charge in [-0.05, 0) is 17.7 Å². The zero-order chi connectivity index (χ0) is 9.42. The number of fused-ring (bicyclic) bond motifs is 1. The average molecular weight is 215 g/mol. The number of carbonyl (C=O) groups excluding carboxylic acids is 1. The Labute approximate surface area is 83.6 Å². The highest BCUT2D eigenvalue weighted by atomic mass is 35.5. The molecule has 0 radical (unpaired) electrons. The summed E-state index contributed by atoms with van der Waals surface area (Å²) in [5.41, 5.74) is 0.840. The number of nitrogens with zero attached hydrogens (tertiary/aromatic N) is 1. The molecule has 2 rings (SSSR count). The Kier molecular flexibility index (Phi) is 1.98. The lowest BCUT2D eigenvalue weighted by atomic mass is 10.2. The molecule has 0 amide bonds. The molecule has 1 heterocycles. The number of carbonyl (C=O) groups is 1. The number of para-hydroxylation sites is 1. The molecule has 3 nitrogen and oxygen atoms in total. The van der Waals surface area contributed by atoms with Crippen LogP contribution in [0, 0.1) is 0 Å². The van der Waals surface area contributed by atoms with Gasteiger partial charge >= 0.3 is 0 Å². The Morgan fingerprint density at radius 1 is 1.46 bits per heavy atom. The fraction of sp³-hybridized carbons (Fsp3) is 0. The minimum absolute atomic E-state index is 0.277. The van der Waals surface area contributed by atoms with Gasteiger partial charge < -0.3 is 0 Å². The largest absolute Gasteiger partial charge is 0.274 e. The first kappa shape index (κ1) is 8.53. The van der Waals surface area contributed by atoms with Crippen LogP contribution in [0.2, 0.25) is 5.02 Å². The highest BCUT2D eigenvalue weighted by Crippen LogP contribution is 2.23. The molecule has 0 spiro atoms. The van der Waals surface area contributed by atoms with Crippen LogP contribution in [0.1, 0.15) is 10.5 Å². The van der Waals surface area contributed by atoms with Crippen LogP contribution >= 0.6 is 23.2 Å². The predicted octanol–water partition coefficient (Wildman–Crippen LogP) is 2.60. The first-order chi connectivity index (χ1) is 6.20. The number of hydrogen-bond acceptors (Lipinski definition) is 2. The highest BCUT2D eigenvalue weighted by Gasteiger charge is 2.11. The summed E-state index contributed by atoms with van der Waals surface area (Å²) in [5, 5.41) is 6.99. The Bertz CT molecular complexity index is 478. The Morgan fingerprint density at radius 2 is 2.23 bits per heavy atom. The van der Waals surface area contributed by atoms with Crippen molar-refractivity contribution in [2.75, 3.05) is 0 Å². The van der Waals surface area contributed by atoms with Crippen LogP contribution < -0.4 is 0 Å². The van der Waals surface area contributed by atoms with Gasteiger partial charge in [0.25, 0.3) is 5.24 Å². The SMILES string of the molecule is O=C(Cl)c1[nH]nc2c(Cl)cccc12. The van der Waals surface area contributed by atoms with E-state index < -0.39 is 5.24 Å². The summed E-state index contributed by atoms with van der Waals surface area (Å²) in [6.07, 6.45) is 0. The number of aromatic amines is 1. The maximum Gasteiger partial charge on any atom is 0.270 e. The second-order valence-corrected chi connectivity index (χ2v) is 3.26. The van der Waals surface area contributed by atoms with Gasteiger partial charge in [0.1, 0.15) is 11.2 Å². The third kappa shape index (κ3) is 1.30. The molecule has 0 saturated carbocycles. The molecule has 1 aromatic carbocycles. The molecule has 0 fully saturated rings. The van der Waals surface area contributed by atoms with Crippen molar-refractivity contribution >= 4 is 39.3 Å². The fourth-order valence-electron chi connectivity index (χ4n) is 1.15. The summed E-state index contributed by atoms with van der Waals surface area (Å²) >= 11 is 11.2. The highest BCUT2D eigenvalue weighted by molar-refractivity contribution is 6.68. The van der Waals surface area contributed by atoms with Crippen molar-refractivity contribution in [1.29, 1.82) is 0 Å². The first-order valence-corrected chi connectivity index (χ1v) is 4.28. The second kappa shape index (κ2) is 3.01. The van der Waals surface area contributed by atoms with Crippen LogP contribution in [-0.4, -0.2) is 15.4 Å². The van der Waals surface area contributed by atoms with Gasteiger partial charge in [-0.1, -0.05) is 23.7 Å². The number of halogens is 2. The predicted molar refractivity (Wildman–Crippen MR) is 51.3 cm³/mol. The minimum atomic E-state index is -0.565. The molecule has 0 unspecified atom stereocenters. The van der Waals surface area contributed by atoms with Crippen LogP contribution in [0.15, 0.2) is 18.2 Å². The fourth-order valence-corrected chi connectivity index (χ4v) is 1.51. The molecular formula is C8H4Cl2N2O. The summed E-state index contributed by atoms with van der Waals surface area (Å²) in [6.45, 7) is 0. The number of rotatable bonds is 1. The maximum absolute atomic E-state index is 10.9. The number of hydrogen-bond donors (Lipinski definition) is 1. The summed E-state index contributed by atoms with van der Waals surface area (Å²) in [6, 6.07) is 5.18. The molecule has 0 aliphatic rings. The van der Waals surface area contributed by atoms with Gasteiger partial charge in [0.2, 0.25) is 0 Å². The molecule has 0 aliphatic heterocycles. The van der Waals surface area contributed by atoms with Crippen molar-refractivity contribution in [3.63, 3.8) is 0 Å². The van der Waals surface area contributed by atoms with Crippen LogP contribution in [0.3, 0.4) is 0 Å². The number of aromatic nitrogens is 2. The van der Waals surface area contributed by atoms with E-state index in [9.17, 15) is 4.79 Å². The van der Waals surface area contributed by atoms with Crippen LogP contribution in [0.25, 0.3) is 10.9 Å². The Hall–Kier alpha value is -1.06. The zero-order valence-electron chi connectivity index (χ0n) is 6.34. The normalized spacial score (nSPS) is 10.6. The second-order valence-electron chi connectivity index (χ2n) is 2.51. The van der Waals surface area contributed by atoms with Gasteiger partial charge in [0, 0.05) is 5.39 Å². The summed E-state index contributed by atoms with van der Waals surface area (Å²) < 4.78 is 0. The average Bonchev–Trinajstić information content (AvgIpc) is 2.48. The van der Waals surface area contributed by atoms with Crippen molar-refractivity contribution < 1.29 is 4.79 Å². The van der Waals surface area contributed by atoms with Crippen molar-refractivity contribution in [1.82, 2.24) is 10.2 Å². The smallest absolute Gasteiger partial charge is 0.270 e. The van der Waals surface area contributed by atoms with E-state index in [1.54, 1.807) is 18.2 Å². The molecule has 2 aromatic rings. The molecule has 1 aromatic heterocycles. The molecule has 66 valence electrons. The van der Waals surface area contributed by atoms with Crippen molar-refractivity contribution in [3.05, 3.63) is 28.9 Å². The standard InChI is InChI=1S/C8H4Cl2N2O/c9-5-3-1-2-4-6(5)11-12-7(4)8(10)13/h1-3H,(H,11,12). The Morgan fingerprint density at radius 3 is 2.92 bits per heavy atom. The number of nitrogens with one attached hydrogen (secondary N) is 1. The van der Waals surface area contributed by atoms with Crippen molar-refractivity contribution in [2.24, 2.45) is 0 Å². The van der Waals surface area contributed by atoms with Gasteiger partial charge in [-0.3, -0.25) is 9.89 Å². The van der Waals surface area contributed by atoms with E-state index in [0.29, 0.717) is 15.9 Å². The molecule has 0 atom stereocenters.